The summed E-state index contributed by atoms with van der Waals surface area (Å²) in [6, 6.07) is 15.5. The first-order chi connectivity index (χ1) is 13.0. The molecule has 0 atom stereocenters. The van der Waals surface area contributed by atoms with Gasteiger partial charge in [-0.2, -0.15) is 0 Å². The number of hydrogen-bond donors (Lipinski definition) is 1. The number of rotatable bonds is 7. The third-order valence-electron chi connectivity index (χ3n) is 4.02. The van der Waals surface area contributed by atoms with Crippen LogP contribution in [0.5, 0.6) is 5.75 Å². The standard InChI is InChI=1S/C21H21ClN2O2S/c1-14(2)17-8-4-6-10-19(17)26-13-20(25)24-21-23-12-16(27-21)11-15-7-3-5-9-18(15)22/h3-10,12,14H,11,13H2,1-2H3,(H,23,24,25). The van der Waals surface area contributed by atoms with Gasteiger partial charge in [-0.15, -0.1) is 11.3 Å². The average molecular weight is 401 g/mol. The maximum absolute atomic E-state index is 12.2. The van der Waals surface area contributed by atoms with Crippen molar-refractivity contribution in [2.75, 3.05) is 11.9 Å². The minimum absolute atomic E-state index is 0.0524. The van der Waals surface area contributed by atoms with Gasteiger partial charge in [-0.3, -0.25) is 10.1 Å². The molecule has 0 spiro atoms. The third-order valence-corrected chi connectivity index (χ3v) is 5.30. The van der Waals surface area contributed by atoms with Crippen molar-refractivity contribution in [3.63, 3.8) is 0 Å². The van der Waals surface area contributed by atoms with Crippen LogP contribution in [0, 0.1) is 0 Å². The van der Waals surface area contributed by atoms with Crippen LogP contribution in [-0.2, 0) is 11.2 Å². The summed E-state index contributed by atoms with van der Waals surface area (Å²) < 4.78 is 5.70. The molecule has 0 fully saturated rings. The molecule has 2 aromatic carbocycles. The number of carbonyl (C=O) groups excluding carboxylic acids is 1. The molecular formula is C21H21ClN2O2S. The highest BCUT2D eigenvalue weighted by atomic mass is 35.5. The number of ether oxygens (including phenoxy) is 1. The Morgan fingerprint density at radius 3 is 2.70 bits per heavy atom. The Balaban J connectivity index is 1.56. The highest BCUT2D eigenvalue weighted by molar-refractivity contribution is 7.15. The van der Waals surface area contributed by atoms with Gasteiger partial charge in [-0.25, -0.2) is 4.98 Å². The molecule has 1 aromatic heterocycles. The van der Waals surface area contributed by atoms with Crippen LogP contribution < -0.4 is 10.1 Å². The Bertz CT molecular complexity index is 924. The van der Waals surface area contributed by atoms with E-state index in [-0.39, 0.29) is 12.5 Å². The average Bonchev–Trinajstić information content (AvgIpc) is 3.09. The van der Waals surface area contributed by atoms with Gasteiger partial charge in [0, 0.05) is 22.5 Å². The zero-order valence-electron chi connectivity index (χ0n) is 15.2. The maximum atomic E-state index is 12.2. The van der Waals surface area contributed by atoms with Crippen molar-refractivity contribution in [2.24, 2.45) is 0 Å². The molecule has 3 aromatic rings. The Morgan fingerprint density at radius 2 is 1.93 bits per heavy atom. The lowest BCUT2D eigenvalue weighted by atomic mass is 10.0. The predicted octanol–water partition coefficient (Wildman–Crippen LogP) is 5.53. The monoisotopic (exact) mass is 400 g/mol. The number of benzene rings is 2. The molecule has 3 rings (SSSR count). The molecule has 1 amide bonds. The summed E-state index contributed by atoms with van der Waals surface area (Å²) in [4.78, 5) is 17.5. The second-order valence-corrected chi connectivity index (χ2v) is 7.95. The first-order valence-corrected chi connectivity index (χ1v) is 9.92. The number of carbonyl (C=O) groups is 1. The summed E-state index contributed by atoms with van der Waals surface area (Å²) in [5, 5.41) is 4.08. The lowest BCUT2D eigenvalue weighted by Gasteiger charge is -2.13. The molecule has 0 aliphatic carbocycles. The van der Waals surface area contributed by atoms with Crippen molar-refractivity contribution in [1.29, 1.82) is 0 Å². The summed E-state index contributed by atoms with van der Waals surface area (Å²) in [5.41, 5.74) is 2.12. The lowest BCUT2D eigenvalue weighted by Crippen LogP contribution is -2.20. The van der Waals surface area contributed by atoms with Crippen LogP contribution in [0.15, 0.2) is 54.7 Å². The molecule has 0 saturated carbocycles. The zero-order chi connectivity index (χ0) is 19.2. The van der Waals surface area contributed by atoms with E-state index in [4.69, 9.17) is 16.3 Å². The summed E-state index contributed by atoms with van der Waals surface area (Å²) in [5.74, 6) is 0.837. The van der Waals surface area contributed by atoms with E-state index in [1.54, 1.807) is 6.20 Å². The van der Waals surface area contributed by atoms with Crippen LogP contribution in [-0.4, -0.2) is 17.5 Å². The molecule has 0 aliphatic heterocycles. The van der Waals surface area contributed by atoms with Gasteiger partial charge in [-0.05, 0) is 29.2 Å². The SMILES string of the molecule is CC(C)c1ccccc1OCC(=O)Nc1ncc(Cc2ccccc2Cl)s1. The van der Waals surface area contributed by atoms with Gasteiger partial charge in [0.2, 0.25) is 0 Å². The maximum Gasteiger partial charge on any atom is 0.264 e. The van der Waals surface area contributed by atoms with Crippen LogP contribution in [0.25, 0.3) is 0 Å². The number of thiazole rings is 1. The Morgan fingerprint density at radius 1 is 1.19 bits per heavy atom. The summed E-state index contributed by atoms with van der Waals surface area (Å²) in [6.45, 7) is 4.14. The number of nitrogens with one attached hydrogen (secondary N) is 1. The molecule has 0 unspecified atom stereocenters. The lowest BCUT2D eigenvalue weighted by molar-refractivity contribution is -0.118. The van der Waals surface area contributed by atoms with E-state index in [2.05, 4.69) is 24.1 Å². The largest absolute Gasteiger partial charge is 0.483 e. The van der Waals surface area contributed by atoms with Crippen molar-refractivity contribution in [1.82, 2.24) is 4.98 Å². The van der Waals surface area contributed by atoms with Crippen molar-refractivity contribution < 1.29 is 9.53 Å². The molecule has 0 bridgehead atoms. The first-order valence-electron chi connectivity index (χ1n) is 8.72. The quantitative estimate of drug-likeness (QED) is 0.567. The van der Waals surface area contributed by atoms with Gasteiger partial charge >= 0.3 is 0 Å². The molecule has 4 nitrogen and oxygen atoms in total. The molecule has 0 aliphatic rings. The minimum Gasteiger partial charge on any atom is -0.483 e. The number of hydrogen-bond acceptors (Lipinski definition) is 4. The minimum atomic E-state index is -0.229. The van der Waals surface area contributed by atoms with Gasteiger partial charge in [0.25, 0.3) is 5.91 Å². The van der Waals surface area contributed by atoms with Crippen LogP contribution in [0.3, 0.4) is 0 Å². The Kier molecular flexibility index (Phi) is 6.48. The van der Waals surface area contributed by atoms with Crippen molar-refractivity contribution in [2.45, 2.75) is 26.2 Å². The van der Waals surface area contributed by atoms with Crippen LogP contribution >= 0.6 is 22.9 Å². The van der Waals surface area contributed by atoms with E-state index in [9.17, 15) is 4.79 Å². The van der Waals surface area contributed by atoms with Crippen LogP contribution in [0.4, 0.5) is 5.13 Å². The zero-order valence-corrected chi connectivity index (χ0v) is 16.8. The first kappa shape index (κ1) is 19.4. The molecule has 0 radical (unpaired) electrons. The van der Waals surface area contributed by atoms with Gasteiger partial charge in [0.1, 0.15) is 5.75 Å². The fraction of sp³-hybridized carbons (Fsp3) is 0.238. The molecule has 27 heavy (non-hydrogen) atoms. The second kappa shape index (κ2) is 9.02. The number of anilines is 1. The van der Waals surface area contributed by atoms with Crippen LogP contribution in [0.1, 0.15) is 35.8 Å². The van der Waals surface area contributed by atoms with E-state index in [0.29, 0.717) is 17.5 Å². The summed E-state index contributed by atoms with van der Waals surface area (Å²) in [6.07, 6.45) is 2.45. The summed E-state index contributed by atoms with van der Waals surface area (Å²) >= 11 is 7.63. The van der Waals surface area contributed by atoms with Crippen molar-refractivity contribution in [3.8, 4) is 5.75 Å². The van der Waals surface area contributed by atoms with Gasteiger partial charge in [0.15, 0.2) is 11.7 Å². The fourth-order valence-electron chi connectivity index (χ4n) is 2.66. The van der Waals surface area contributed by atoms with Crippen LogP contribution in [0.2, 0.25) is 5.02 Å². The summed E-state index contributed by atoms with van der Waals surface area (Å²) in [7, 11) is 0. The second-order valence-electron chi connectivity index (χ2n) is 6.43. The van der Waals surface area contributed by atoms with E-state index < -0.39 is 0 Å². The third kappa shape index (κ3) is 5.31. The van der Waals surface area contributed by atoms with Crippen molar-refractivity contribution >= 4 is 34.0 Å². The number of para-hydroxylation sites is 1. The molecule has 140 valence electrons. The number of halogens is 1. The molecule has 6 heteroatoms. The number of aromatic nitrogens is 1. The Labute approximate surface area is 168 Å². The van der Waals surface area contributed by atoms with Crippen molar-refractivity contribution in [3.05, 3.63) is 75.8 Å². The highest BCUT2D eigenvalue weighted by Gasteiger charge is 2.11. The van der Waals surface area contributed by atoms with Gasteiger partial charge < -0.3 is 4.74 Å². The molecular weight excluding hydrogens is 380 g/mol. The van der Waals surface area contributed by atoms with E-state index in [0.717, 1.165) is 26.8 Å². The molecule has 0 saturated heterocycles. The van der Waals surface area contributed by atoms with Gasteiger partial charge in [0.05, 0.1) is 0 Å². The predicted molar refractivity (Wildman–Crippen MR) is 111 cm³/mol. The molecule has 1 heterocycles. The van der Waals surface area contributed by atoms with E-state index in [1.165, 1.54) is 11.3 Å². The fourth-order valence-corrected chi connectivity index (χ4v) is 3.72. The number of nitrogens with zero attached hydrogens (tertiary/aromatic N) is 1. The van der Waals surface area contributed by atoms with E-state index in [1.807, 2.05) is 48.5 Å². The topological polar surface area (TPSA) is 51.2 Å². The highest BCUT2D eigenvalue weighted by Crippen LogP contribution is 2.26. The smallest absolute Gasteiger partial charge is 0.264 e. The molecule has 1 N–H and O–H groups in total. The number of amides is 1. The normalized spacial score (nSPS) is 10.8. The Hall–Kier alpha value is -2.37. The van der Waals surface area contributed by atoms with E-state index >= 15 is 0 Å². The van der Waals surface area contributed by atoms with Gasteiger partial charge in [-0.1, -0.05) is 61.8 Å².